The van der Waals surface area contributed by atoms with Crippen LogP contribution in [0.4, 0.5) is 4.79 Å². The maximum absolute atomic E-state index is 9.69. The van der Waals surface area contributed by atoms with Gasteiger partial charge in [0.25, 0.3) is 0 Å². The smallest absolute Gasteiger partial charge is 0.295 e. The van der Waals surface area contributed by atoms with E-state index in [1.165, 1.54) is 6.20 Å². The molecule has 1 amide bonds. The van der Waals surface area contributed by atoms with Crippen LogP contribution in [0.1, 0.15) is 19.8 Å². The summed E-state index contributed by atoms with van der Waals surface area (Å²) in [6, 6.07) is 0. The molecule has 0 spiro atoms. The average Bonchev–Trinajstić information content (AvgIpc) is 1.80. The molecule has 0 heterocycles. The predicted molar refractivity (Wildman–Crippen MR) is 33.3 cm³/mol. The second kappa shape index (κ2) is 5.15. The highest BCUT2D eigenvalue weighted by molar-refractivity contribution is 5.65. The van der Waals surface area contributed by atoms with E-state index in [-0.39, 0.29) is 0 Å². The summed E-state index contributed by atoms with van der Waals surface area (Å²) < 4.78 is 0. The van der Waals surface area contributed by atoms with Gasteiger partial charge in [0.2, 0.25) is 0 Å². The zero-order valence-electron chi connectivity index (χ0n) is 5.39. The third kappa shape index (κ3) is 7.01. The molecule has 0 atom stereocenters. The first-order valence-electron chi connectivity index (χ1n) is 2.90. The van der Waals surface area contributed by atoms with Crippen molar-refractivity contribution in [1.29, 1.82) is 0 Å². The molecule has 0 aliphatic heterocycles. The Labute approximate surface area is 54.4 Å². The van der Waals surface area contributed by atoms with E-state index in [0.29, 0.717) is 0 Å². The van der Waals surface area contributed by atoms with Crippen molar-refractivity contribution in [3.63, 3.8) is 0 Å². The minimum Gasteiger partial charge on any atom is -0.295 e. The maximum Gasteiger partial charge on any atom is 0.454 e. The number of allylic oxidation sites excluding steroid dienone is 1. The van der Waals surface area contributed by atoms with E-state index in [1.54, 1.807) is 6.08 Å². The van der Waals surface area contributed by atoms with Gasteiger partial charge in [0.05, 0.1) is 0 Å². The number of nitrogens with one attached hydrogen (secondary N) is 1. The molecule has 0 rings (SSSR count). The van der Waals surface area contributed by atoms with Crippen LogP contribution in [0.25, 0.3) is 0 Å². The number of rotatable bonds is 3. The van der Waals surface area contributed by atoms with Crippen molar-refractivity contribution in [2.45, 2.75) is 19.8 Å². The lowest BCUT2D eigenvalue weighted by Crippen LogP contribution is -2.10. The number of carbonyl (C=O) groups excluding carboxylic acids is 1. The highest BCUT2D eigenvalue weighted by Crippen LogP contribution is 1.85. The molecule has 3 heteroatoms. The van der Waals surface area contributed by atoms with Crippen LogP contribution in [0.5, 0.6) is 0 Å². The van der Waals surface area contributed by atoms with E-state index in [2.05, 4.69) is 0 Å². The number of carbonyl (C=O) groups is 1. The van der Waals surface area contributed by atoms with E-state index in [0.717, 1.165) is 12.8 Å². The van der Waals surface area contributed by atoms with Crippen LogP contribution >= 0.6 is 0 Å². The van der Waals surface area contributed by atoms with Gasteiger partial charge in [0.1, 0.15) is 0 Å². The Morgan fingerprint density at radius 3 is 2.78 bits per heavy atom. The third-order valence-corrected chi connectivity index (χ3v) is 0.774. The summed E-state index contributed by atoms with van der Waals surface area (Å²) in [7, 11) is 0. The van der Waals surface area contributed by atoms with Gasteiger partial charge in [-0.15, -0.1) is 0 Å². The Morgan fingerprint density at radius 1 is 1.67 bits per heavy atom. The van der Waals surface area contributed by atoms with Gasteiger partial charge in [-0.2, -0.15) is 0 Å². The summed E-state index contributed by atoms with van der Waals surface area (Å²) >= 11 is 0. The van der Waals surface area contributed by atoms with Crippen LogP contribution in [0.2, 0.25) is 0 Å². The first-order valence-corrected chi connectivity index (χ1v) is 2.90. The molecule has 0 aromatic heterocycles. The topological polar surface area (TPSA) is 49.0 Å². The zero-order chi connectivity index (χ0) is 7.11. The van der Waals surface area contributed by atoms with Crippen molar-refractivity contribution in [1.82, 2.24) is 5.32 Å². The van der Waals surface area contributed by atoms with Crippen LogP contribution in [0, 0.1) is 0 Å². The van der Waals surface area contributed by atoms with Crippen molar-refractivity contribution in [3.05, 3.63) is 12.3 Å². The number of hydrogen-bond acceptors (Lipinski definition) is 1. The molecule has 0 saturated carbocycles. The summed E-state index contributed by atoms with van der Waals surface area (Å²) in [6.45, 7) is 2.02. The molecule has 0 aliphatic carbocycles. The molecule has 9 heavy (non-hydrogen) atoms. The second-order valence-corrected chi connectivity index (χ2v) is 1.62. The highest BCUT2D eigenvalue weighted by Gasteiger charge is 1.87. The average molecular weight is 128 g/mol. The van der Waals surface area contributed by atoms with Gasteiger partial charge in [-0.05, 0) is 6.42 Å². The molecule has 51 valence electrons. The Kier molecular flexibility index (Phi) is 4.59. The summed E-state index contributed by atoms with van der Waals surface area (Å²) in [5.74, 6) is 0. The lowest BCUT2D eigenvalue weighted by atomic mass is 10.3. The Morgan fingerprint density at radius 2 is 2.33 bits per heavy atom. The molecular formula is C6H10NO2. The fourth-order valence-corrected chi connectivity index (χ4v) is 0.377. The monoisotopic (exact) mass is 128 g/mol. The SMILES string of the molecule is CCC/C=C/NC([O])=O. The van der Waals surface area contributed by atoms with Crippen molar-refractivity contribution >= 4 is 6.09 Å². The van der Waals surface area contributed by atoms with E-state index in [4.69, 9.17) is 0 Å². The van der Waals surface area contributed by atoms with E-state index < -0.39 is 6.09 Å². The fraction of sp³-hybridized carbons (Fsp3) is 0.500. The lowest BCUT2D eigenvalue weighted by molar-refractivity contribution is 0.173. The van der Waals surface area contributed by atoms with Gasteiger partial charge >= 0.3 is 6.09 Å². The van der Waals surface area contributed by atoms with Crippen LogP contribution in [0.15, 0.2) is 12.3 Å². The van der Waals surface area contributed by atoms with Crippen LogP contribution < -0.4 is 5.32 Å². The van der Waals surface area contributed by atoms with Crippen molar-refractivity contribution in [2.24, 2.45) is 0 Å². The molecule has 0 aromatic rings. The third-order valence-electron chi connectivity index (χ3n) is 0.774. The lowest BCUT2D eigenvalue weighted by Gasteiger charge is -1.85. The Bertz CT molecular complexity index is 110. The number of unbranched alkanes of at least 4 members (excludes halogenated alkanes) is 1. The Balaban J connectivity index is 3.14. The van der Waals surface area contributed by atoms with Gasteiger partial charge in [-0.1, -0.05) is 19.4 Å². The molecule has 0 bridgehead atoms. The molecule has 3 nitrogen and oxygen atoms in total. The molecule has 0 aromatic carbocycles. The van der Waals surface area contributed by atoms with Crippen molar-refractivity contribution in [2.75, 3.05) is 0 Å². The maximum atomic E-state index is 9.69. The van der Waals surface area contributed by atoms with Crippen LogP contribution in [-0.2, 0) is 5.11 Å². The largest absolute Gasteiger partial charge is 0.454 e. The van der Waals surface area contributed by atoms with Crippen molar-refractivity contribution in [3.8, 4) is 0 Å². The minimum absolute atomic E-state index is 0.889. The fourth-order valence-electron chi connectivity index (χ4n) is 0.377. The van der Waals surface area contributed by atoms with Gasteiger partial charge < -0.3 is 0 Å². The number of amides is 1. The van der Waals surface area contributed by atoms with E-state index in [9.17, 15) is 9.90 Å². The quantitative estimate of drug-likeness (QED) is 0.614. The van der Waals surface area contributed by atoms with Gasteiger partial charge in [0, 0.05) is 6.20 Å². The van der Waals surface area contributed by atoms with E-state index >= 15 is 0 Å². The standard InChI is InChI=1S/C6H10NO2/c1-2-3-4-5-7-6(8)9/h4-5,7H,2-3H2,1H3/b5-4+. The highest BCUT2D eigenvalue weighted by atomic mass is 16.4. The molecule has 0 fully saturated rings. The molecule has 0 aliphatic rings. The van der Waals surface area contributed by atoms with Crippen LogP contribution in [0.3, 0.4) is 0 Å². The summed E-state index contributed by atoms with van der Waals surface area (Å²) in [4.78, 5) is 9.69. The first-order chi connectivity index (χ1) is 4.27. The van der Waals surface area contributed by atoms with Gasteiger partial charge in [-0.3, -0.25) is 5.32 Å². The first kappa shape index (κ1) is 8.01. The summed E-state index contributed by atoms with van der Waals surface area (Å²) in [5.41, 5.74) is 0. The van der Waals surface area contributed by atoms with E-state index in [1.807, 2.05) is 12.2 Å². The minimum atomic E-state index is -1.26. The molecule has 1 radical (unpaired) electrons. The predicted octanol–water partition coefficient (Wildman–Crippen LogP) is 1.44. The Hall–Kier alpha value is -0.990. The second-order valence-electron chi connectivity index (χ2n) is 1.62. The van der Waals surface area contributed by atoms with Gasteiger partial charge in [-0.25, -0.2) is 9.90 Å². The number of hydrogen-bond donors (Lipinski definition) is 1. The molecule has 1 N–H and O–H groups in total. The molecule has 0 saturated heterocycles. The van der Waals surface area contributed by atoms with Crippen LogP contribution in [-0.4, -0.2) is 6.09 Å². The molecular weight excluding hydrogens is 118 g/mol. The summed E-state index contributed by atoms with van der Waals surface area (Å²) in [5, 5.41) is 11.7. The zero-order valence-corrected chi connectivity index (χ0v) is 5.39. The van der Waals surface area contributed by atoms with Gasteiger partial charge in [0.15, 0.2) is 0 Å². The normalized spacial score (nSPS) is 9.89. The summed E-state index contributed by atoms with van der Waals surface area (Å²) in [6.07, 6.45) is 3.77. The van der Waals surface area contributed by atoms with Crippen molar-refractivity contribution < 1.29 is 9.90 Å². The molecule has 0 unspecified atom stereocenters.